The van der Waals surface area contributed by atoms with Gasteiger partial charge in [0.2, 0.25) is 5.91 Å². The second-order valence-electron chi connectivity index (χ2n) is 6.89. The van der Waals surface area contributed by atoms with Crippen molar-refractivity contribution in [3.05, 3.63) is 48.2 Å². The first-order valence-corrected chi connectivity index (χ1v) is 9.40. The van der Waals surface area contributed by atoms with Gasteiger partial charge in [-0.15, -0.1) is 0 Å². The zero-order valence-electron chi connectivity index (χ0n) is 15.4. The van der Waals surface area contributed by atoms with Gasteiger partial charge in [0.1, 0.15) is 5.82 Å². The van der Waals surface area contributed by atoms with E-state index in [1.165, 1.54) is 0 Å². The van der Waals surface area contributed by atoms with Crippen LogP contribution in [0.3, 0.4) is 0 Å². The summed E-state index contributed by atoms with van der Waals surface area (Å²) < 4.78 is 0. The molecule has 0 saturated carbocycles. The van der Waals surface area contributed by atoms with Crippen molar-refractivity contribution in [3.8, 4) is 0 Å². The van der Waals surface area contributed by atoms with Gasteiger partial charge in [0.25, 0.3) is 0 Å². The Morgan fingerprint density at radius 3 is 2.88 bits per heavy atom. The van der Waals surface area contributed by atoms with Gasteiger partial charge < -0.3 is 10.2 Å². The van der Waals surface area contributed by atoms with Crippen molar-refractivity contribution in [2.24, 2.45) is 5.92 Å². The molecule has 1 fully saturated rings. The summed E-state index contributed by atoms with van der Waals surface area (Å²) in [5, 5.41) is 2.99. The van der Waals surface area contributed by atoms with Gasteiger partial charge in [-0.25, -0.2) is 4.98 Å². The highest BCUT2D eigenvalue weighted by molar-refractivity contribution is 5.76. The fourth-order valence-corrected chi connectivity index (χ4v) is 3.46. The molecule has 3 heterocycles. The maximum absolute atomic E-state index is 12.5. The van der Waals surface area contributed by atoms with E-state index >= 15 is 0 Å². The highest BCUT2D eigenvalue weighted by Crippen LogP contribution is 2.22. The average Bonchev–Trinajstić information content (AvgIpc) is 2.93. The normalized spacial score (nSPS) is 17.6. The van der Waals surface area contributed by atoms with Crippen molar-refractivity contribution < 1.29 is 4.79 Å². The number of amides is 1. The van der Waals surface area contributed by atoms with E-state index in [1.54, 1.807) is 12.4 Å². The number of aryl methyl sites for hydroxylation is 1. The number of hydrogen-bond donors (Lipinski definition) is 1. The number of nitrogens with zero attached hydrogens (tertiary/aromatic N) is 4. The van der Waals surface area contributed by atoms with Crippen molar-refractivity contribution in [1.29, 1.82) is 0 Å². The number of likely N-dealkylation sites (tertiary alicyclic amines) is 1. The molecular formula is C20H27N5O. The fourth-order valence-electron chi connectivity index (χ4n) is 3.46. The van der Waals surface area contributed by atoms with Crippen molar-refractivity contribution in [1.82, 2.24) is 19.9 Å². The Bertz CT molecular complexity index is 689. The van der Waals surface area contributed by atoms with Gasteiger partial charge in [0, 0.05) is 39.0 Å². The van der Waals surface area contributed by atoms with Crippen LogP contribution in [0.25, 0.3) is 0 Å². The van der Waals surface area contributed by atoms with Gasteiger partial charge in [0.15, 0.2) is 0 Å². The van der Waals surface area contributed by atoms with E-state index in [0.717, 1.165) is 62.3 Å². The lowest BCUT2D eigenvalue weighted by atomic mass is 9.95. The van der Waals surface area contributed by atoms with Gasteiger partial charge in [-0.1, -0.05) is 6.07 Å². The Labute approximate surface area is 155 Å². The smallest absolute Gasteiger partial charge is 0.222 e. The van der Waals surface area contributed by atoms with Crippen LogP contribution in [0.1, 0.15) is 36.9 Å². The maximum atomic E-state index is 12.5. The number of hydrogen-bond acceptors (Lipinski definition) is 5. The molecule has 1 amide bonds. The second kappa shape index (κ2) is 9.27. The molecule has 1 N–H and O–H groups in total. The molecule has 2 aromatic rings. The number of rotatable bonds is 6. The Morgan fingerprint density at radius 2 is 2.15 bits per heavy atom. The Balaban J connectivity index is 1.47. The molecular weight excluding hydrogens is 326 g/mol. The summed E-state index contributed by atoms with van der Waals surface area (Å²) in [5.74, 6) is 1.62. The summed E-state index contributed by atoms with van der Waals surface area (Å²) in [7, 11) is 1.84. The molecule has 0 unspecified atom stereocenters. The number of carbonyl (C=O) groups is 1. The maximum Gasteiger partial charge on any atom is 0.222 e. The van der Waals surface area contributed by atoms with Gasteiger partial charge >= 0.3 is 0 Å². The van der Waals surface area contributed by atoms with Crippen LogP contribution < -0.4 is 5.32 Å². The number of carbonyl (C=O) groups excluding carboxylic acids is 1. The first-order valence-electron chi connectivity index (χ1n) is 9.40. The third-order valence-corrected chi connectivity index (χ3v) is 5.01. The summed E-state index contributed by atoms with van der Waals surface area (Å²) in [6.45, 7) is 1.71. The molecule has 1 aliphatic rings. The Kier molecular flexibility index (Phi) is 6.52. The average molecular weight is 353 g/mol. The topological polar surface area (TPSA) is 71.0 Å². The zero-order chi connectivity index (χ0) is 18.2. The van der Waals surface area contributed by atoms with Crippen LogP contribution in [0.5, 0.6) is 0 Å². The molecule has 6 heteroatoms. The minimum atomic E-state index is 0.257. The van der Waals surface area contributed by atoms with Crippen LogP contribution in [0.15, 0.2) is 36.9 Å². The number of nitrogens with one attached hydrogen (secondary N) is 1. The SMILES string of the molecule is CNc1cnc(C[C@@H]2CCCN(C(=O)CCc3cccnc3)CC2)cn1. The predicted octanol–water partition coefficient (Wildman–Crippen LogP) is 2.72. The summed E-state index contributed by atoms with van der Waals surface area (Å²) in [6, 6.07) is 3.95. The molecule has 0 bridgehead atoms. The highest BCUT2D eigenvalue weighted by atomic mass is 16.2. The molecule has 138 valence electrons. The molecule has 3 rings (SSSR count). The standard InChI is InChI=1S/C20H27N5O/c1-21-19-15-23-18(14-24-19)12-16-5-3-10-25(11-8-16)20(26)7-6-17-4-2-9-22-13-17/h2,4,9,13-16H,3,5-8,10-12H2,1H3,(H,21,24)/t16-/m1/s1. The minimum absolute atomic E-state index is 0.257. The Morgan fingerprint density at radius 1 is 1.23 bits per heavy atom. The quantitative estimate of drug-likeness (QED) is 0.864. The van der Waals surface area contributed by atoms with Crippen LogP contribution in [-0.4, -0.2) is 45.9 Å². The molecule has 1 saturated heterocycles. The third-order valence-electron chi connectivity index (χ3n) is 5.01. The summed E-state index contributed by atoms with van der Waals surface area (Å²) in [4.78, 5) is 27.5. The third kappa shape index (κ3) is 5.25. The second-order valence-corrected chi connectivity index (χ2v) is 6.89. The molecule has 0 spiro atoms. The monoisotopic (exact) mass is 353 g/mol. The molecule has 0 aliphatic carbocycles. The van der Waals surface area contributed by atoms with Crippen LogP contribution in [-0.2, 0) is 17.6 Å². The fraction of sp³-hybridized carbons (Fsp3) is 0.500. The molecule has 1 aliphatic heterocycles. The summed E-state index contributed by atoms with van der Waals surface area (Å²) in [5.41, 5.74) is 2.16. The zero-order valence-corrected chi connectivity index (χ0v) is 15.4. The van der Waals surface area contributed by atoms with Crippen LogP contribution >= 0.6 is 0 Å². The molecule has 2 aromatic heterocycles. The first kappa shape index (κ1) is 18.3. The number of anilines is 1. The van der Waals surface area contributed by atoms with E-state index in [0.29, 0.717) is 12.3 Å². The lowest BCUT2D eigenvalue weighted by Gasteiger charge is -2.20. The van der Waals surface area contributed by atoms with E-state index in [4.69, 9.17) is 0 Å². The van der Waals surface area contributed by atoms with Gasteiger partial charge in [0.05, 0.1) is 18.1 Å². The lowest BCUT2D eigenvalue weighted by Crippen LogP contribution is -2.32. The molecule has 26 heavy (non-hydrogen) atoms. The van der Waals surface area contributed by atoms with Gasteiger partial charge in [-0.3, -0.25) is 14.8 Å². The van der Waals surface area contributed by atoms with E-state index in [-0.39, 0.29) is 5.91 Å². The summed E-state index contributed by atoms with van der Waals surface area (Å²) in [6.07, 6.45) is 12.7. The summed E-state index contributed by atoms with van der Waals surface area (Å²) >= 11 is 0. The van der Waals surface area contributed by atoms with Gasteiger partial charge in [-0.2, -0.15) is 0 Å². The molecule has 1 atom stereocenters. The van der Waals surface area contributed by atoms with E-state index < -0.39 is 0 Å². The molecule has 0 radical (unpaired) electrons. The van der Waals surface area contributed by atoms with Crippen molar-refractivity contribution in [2.75, 3.05) is 25.5 Å². The lowest BCUT2D eigenvalue weighted by molar-refractivity contribution is -0.131. The van der Waals surface area contributed by atoms with E-state index in [9.17, 15) is 4.79 Å². The molecule has 0 aromatic carbocycles. The number of aromatic nitrogens is 3. The van der Waals surface area contributed by atoms with Crippen molar-refractivity contribution in [3.63, 3.8) is 0 Å². The first-order chi connectivity index (χ1) is 12.7. The van der Waals surface area contributed by atoms with E-state index in [2.05, 4.69) is 20.3 Å². The minimum Gasteiger partial charge on any atom is -0.372 e. The van der Waals surface area contributed by atoms with Crippen LogP contribution in [0.4, 0.5) is 5.82 Å². The van der Waals surface area contributed by atoms with Crippen molar-refractivity contribution in [2.45, 2.75) is 38.5 Å². The van der Waals surface area contributed by atoms with Crippen LogP contribution in [0.2, 0.25) is 0 Å². The highest BCUT2D eigenvalue weighted by Gasteiger charge is 2.21. The van der Waals surface area contributed by atoms with E-state index in [1.807, 2.05) is 36.5 Å². The number of pyridine rings is 1. The van der Waals surface area contributed by atoms with Crippen molar-refractivity contribution >= 4 is 11.7 Å². The van der Waals surface area contributed by atoms with Gasteiger partial charge in [-0.05, 0) is 49.7 Å². The predicted molar refractivity (Wildman–Crippen MR) is 102 cm³/mol. The Hall–Kier alpha value is -2.50. The largest absolute Gasteiger partial charge is 0.372 e. The molecule has 6 nitrogen and oxygen atoms in total. The van der Waals surface area contributed by atoms with Crippen LogP contribution in [0, 0.1) is 5.92 Å².